The van der Waals surface area contributed by atoms with Crippen LogP contribution >= 0.6 is 0 Å². The van der Waals surface area contributed by atoms with Gasteiger partial charge in [-0.05, 0) is 18.6 Å². The molecule has 1 aromatic carbocycles. The second-order valence-corrected chi connectivity index (χ2v) is 5.53. The number of aromatic amines is 1. The predicted octanol–water partition coefficient (Wildman–Crippen LogP) is 1.78. The lowest BCUT2D eigenvalue weighted by Crippen LogP contribution is -2.15. The van der Waals surface area contributed by atoms with Crippen LogP contribution in [0.3, 0.4) is 0 Å². The van der Waals surface area contributed by atoms with E-state index in [2.05, 4.69) is 14.9 Å². The van der Waals surface area contributed by atoms with E-state index in [1.165, 1.54) is 13.2 Å². The summed E-state index contributed by atoms with van der Waals surface area (Å²) >= 11 is 0. The number of nitrogens with zero attached hydrogens (tertiary/aromatic N) is 1. The summed E-state index contributed by atoms with van der Waals surface area (Å²) in [5, 5.41) is 6.47. The number of hydrogen-bond donors (Lipinski definition) is 2. The summed E-state index contributed by atoms with van der Waals surface area (Å²) in [6.45, 7) is 1.92. The summed E-state index contributed by atoms with van der Waals surface area (Å²) in [6, 6.07) is 6.45. The van der Waals surface area contributed by atoms with Gasteiger partial charge in [0.05, 0.1) is 13.3 Å². The van der Waals surface area contributed by atoms with Gasteiger partial charge in [-0.2, -0.15) is 5.10 Å². The smallest absolute Gasteiger partial charge is 0.266 e. The van der Waals surface area contributed by atoms with Gasteiger partial charge in [-0.3, -0.25) is 9.82 Å². The zero-order valence-corrected chi connectivity index (χ0v) is 11.5. The Hall–Kier alpha value is -2.02. The largest absolute Gasteiger partial charge is 0.495 e. The van der Waals surface area contributed by atoms with Crippen LogP contribution in [0.2, 0.25) is 0 Å². The van der Waals surface area contributed by atoms with E-state index in [0.29, 0.717) is 18.0 Å². The fourth-order valence-corrected chi connectivity index (χ4v) is 2.93. The lowest BCUT2D eigenvalue weighted by Gasteiger charge is -2.10. The van der Waals surface area contributed by atoms with Gasteiger partial charge >= 0.3 is 0 Å². The number of aromatic nitrogens is 2. The van der Waals surface area contributed by atoms with Crippen LogP contribution in [0.1, 0.15) is 12.5 Å². The van der Waals surface area contributed by atoms with Crippen molar-refractivity contribution in [3.63, 3.8) is 0 Å². The SMILES string of the molecule is CCc1cn[nH]c1NS(=O)(=O)c1ccccc1OC. The predicted molar refractivity (Wildman–Crippen MR) is 71.8 cm³/mol. The monoisotopic (exact) mass is 281 g/mol. The average molecular weight is 281 g/mol. The molecule has 2 N–H and O–H groups in total. The van der Waals surface area contributed by atoms with Gasteiger partial charge in [0.2, 0.25) is 0 Å². The molecule has 0 fully saturated rings. The molecule has 0 aliphatic carbocycles. The zero-order valence-electron chi connectivity index (χ0n) is 10.7. The van der Waals surface area contributed by atoms with E-state index in [4.69, 9.17) is 4.74 Å². The van der Waals surface area contributed by atoms with Crippen LogP contribution in [-0.4, -0.2) is 25.7 Å². The van der Waals surface area contributed by atoms with E-state index in [1.54, 1.807) is 24.4 Å². The molecular formula is C12H15N3O3S. The van der Waals surface area contributed by atoms with Crippen molar-refractivity contribution in [2.24, 2.45) is 0 Å². The van der Waals surface area contributed by atoms with Crippen LogP contribution in [-0.2, 0) is 16.4 Å². The van der Waals surface area contributed by atoms with Crippen molar-refractivity contribution in [1.82, 2.24) is 10.2 Å². The summed E-state index contributed by atoms with van der Waals surface area (Å²) in [5.74, 6) is 0.681. The van der Waals surface area contributed by atoms with Gasteiger partial charge in [0, 0.05) is 5.56 Å². The van der Waals surface area contributed by atoms with E-state index in [0.717, 1.165) is 5.56 Å². The Bertz CT molecular complexity index is 664. The van der Waals surface area contributed by atoms with Crippen LogP contribution in [0.25, 0.3) is 0 Å². The zero-order chi connectivity index (χ0) is 13.9. The summed E-state index contributed by atoms with van der Waals surface area (Å²) < 4.78 is 32.2. The van der Waals surface area contributed by atoms with Crippen LogP contribution in [0, 0.1) is 0 Å². The molecule has 2 aromatic rings. The minimum Gasteiger partial charge on any atom is -0.495 e. The normalized spacial score (nSPS) is 11.3. The summed E-state index contributed by atoms with van der Waals surface area (Å²) in [4.78, 5) is 0.0918. The average Bonchev–Trinajstić information content (AvgIpc) is 2.85. The number of nitrogens with one attached hydrogen (secondary N) is 2. The van der Waals surface area contributed by atoms with Crippen molar-refractivity contribution in [1.29, 1.82) is 0 Å². The van der Waals surface area contributed by atoms with E-state index >= 15 is 0 Å². The molecule has 6 nitrogen and oxygen atoms in total. The maximum Gasteiger partial charge on any atom is 0.266 e. The number of benzene rings is 1. The van der Waals surface area contributed by atoms with Crippen LogP contribution in [0.5, 0.6) is 5.75 Å². The lowest BCUT2D eigenvalue weighted by atomic mass is 10.3. The topological polar surface area (TPSA) is 84.1 Å². The Balaban J connectivity index is 2.38. The maximum absolute atomic E-state index is 12.3. The van der Waals surface area contributed by atoms with Gasteiger partial charge in [0.1, 0.15) is 16.5 Å². The third-order valence-electron chi connectivity index (χ3n) is 2.69. The molecule has 0 spiro atoms. The molecule has 0 saturated heterocycles. The minimum absolute atomic E-state index is 0.0918. The number of sulfonamides is 1. The van der Waals surface area contributed by atoms with Crippen LogP contribution < -0.4 is 9.46 Å². The number of ether oxygens (including phenoxy) is 1. The van der Waals surface area contributed by atoms with E-state index in [-0.39, 0.29) is 4.90 Å². The first-order valence-corrected chi connectivity index (χ1v) is 7.25. The van der Waals surface area contributed by atoms with Crippen molar-refractivity contribution in [3.8, 4) is 5.75 Å². The quantitative estimate of drug-likeness (QED) is 0.875. The van der Waals surface area contributed by atoms with Crippen molar-refractivity contribution in [2.45, 2.75) is 18.2 Å². The highest BCUT2D eigenvalue weighted by Crippen LogP contribution is 2.25. The van der Waals surface area contributed by atoms with Gasteiger partial charge in [-0.1, -0.05) is 19.1 Å². The second-order valence-electron chi connectivity index (χ2n) is 3.88. The molecule has 2 rings (SSSR count). The Morgan fingerprint density at radius 2 is 2.11 bits per heavy atom. The molecule has 0 unspecified atom stereocenters. The second kappa shape index (κ2) is 5.31. The molecule has 0 aliphatic rings. The number of H-pyrrole nitrogens is 1. The highest BCUT2D eigenvalue weighted by molar-refractivity contribution is 7.92. The molecule has 0 saturated carbocycles. The number of rotatable bonds is 5. The molecule has 19 heavy (non-hydrogen) atoms. The number of anilines is 1. The van der Waals surface area contributed by atoms with Gasteiger partial charge in [0.15, 0.2) is 0 Å². The molecule has 0 radical (unpaired) electrons. The summed E-state index contributed by atoms with van der Waals surface area (Å²) in [7, 11) is -2.27. The third kappa shape index (κ3) is 2.70. The van der Waals surface area contributed by atoms with E-state index in [9.17, 15) is 8.42 Å². The first kappa shape index (κ1) is 13.4. The van der Waals surface area contributed by atoms with Gasteiger partial charge in [0.25, 0.3) is 10.0 Å². The molecule has 7 heteroatoms. The molecule has 1 aromatic heterocycles. The molecule has 102 valence electrons. The number of para-hydroxylation sites is 1. The number of aryl methyl sites for hydroxylation is 1. The summed E-state index contributed by atoms with van der Waals surface area (Å²) in [5.41, 5.74) is 0.804. The molecule has 0 atom stereocenters. The Morgan fingerprint density at radius 1 is 1.37 bits per heavy atom. The van der Waals surface area contributed by atoms with E-state index < -0.39 is 10.0 Å². The van der Waals surface area contributed by atoms with Crippen molar-refractivity contribution in [2.75, 3.05) is 11.8 Å². The first-order valence-electron chi connectivity index (χ1n) is 5.76. The van der Waals surface area contributed by atoms with E-state index in [1.807, 2.05) is 6.92 Å². The minimum atomic E-state index is -3.70. The summed E-state index contributed by atoms with van der Waals surface area (Å²) in [6.07, 6.45) is 2.28. The molecule has 0 amide bonds. The lowest BCUT2D eigenvalue weighted by molar-refractivity contribution is 0.403. The molecular weight excluding hydrogens is 266 g/mol. The standard InChI is InChI=1S/C12H15N3O3S/c1-3-9-8-13-14-12(9)15-19(16,17)11-7-5-4-6-10(11)18-2/h4-8H,3H2,1-2H3,(H2,13,14,15). The van der Waals surface area contributed by atoms with Gasteiger partial charge < -0.3 is 4.74 Å². The highest BCUT2D eigenvalue weighted by atomic mass is 32.2. The molecule has 0 aliphatic heterocycles. The maximum atomic E-state index is 12.3. The fourth-order valence-electron chi connectivity index (χ4n) is 1.70. The number of methoxy groups -OCH3 is 1. The first-order chi connectivity index (χ1) is 9.08. The van der Waals surface area contributed by atoms with Gasteiger partial charge in [-0.25, -0.2) is 8.42 Å². The van der Waals surface area contributed by atoms with Crippen molar-refractivity contribution >= 4 is 15.8 Å². The third-order valence-corrected chi connectivity index (χ3v) is 4.08. The Morgan fingerprint density at radius 3 is 2.79 bits per heavy atom. The highest BCUT2D eigenvalue weighted by Gasteiger charge is 2.20. The van der Waals surface area contributed by atoms with Crippen LogP contribution in [0.4, 0.5) is 5.82 Å². The van der Waals surface area contributed by atoms with Crippen molar-refractivity contribution < 1.29 is 13.2 Å². The fraction of sp³-hybridized carbons (Fsp3) is 0.250. The van der Waals surface area contributed by atoms with Crippen LogP contribution in [0.15, 0.2) is 35.4 Å². The molecule has 0 bridgehead atoms. The van der Waals surface area contributed by atoms with Gasteiger partial charge in [-0.15, -0.1) is 0 Å². The molecule has 1 heterocycles. The Kier molecular flexibility index (Phi) is 3.75. The number of hydrogen-bond acceptors (Lipinski definition) is 4. The van der Waals surface area contributed by atoms with Crippen molar-refractivity contribution in [3.05, 3.63) is 36.0 Å². The Labute approximate surface area is 111 Å².